The second-order valence-corrected chi connectivity index (χ2v) is 8.23. The van der Waals surface area contributed by atoms with E-state index < -0.39 is 20.8 Å². The number of benzene rings is 4. The van der Waals surface area contributed by atoms with Crippen LogP contribution in [0.3, 0.4) is 0 Å². The molecular formula is C21H20NaO8S2. The third-order valence-corrected chi connectivity index (χ3v) is 4.04. The van der Waals surface area contributed by atoms with E-state index in [0.717, 1.165) is 6.42 Å². The smallest absolute Gasteiger partial charge is 0.264 e. The molecule has 4 rings (SSSR count). The third-order valence-electron chi connectivity index (χ3n) is 4.04. The van der Waals surface area contributed by atoms with E-state index in [-0.39, 0.29) is 29.6 Å². The monoisotopic (exact) mass is 487 g/mol. The minimum atomic E-state index is -4.67. The Morgan fingerprint density at radius 2 is 0.781 bits per heavy atom. The fraction of sp³-hybridized carbons (Fsp3) is 0.0476. The second-order valence-electron chi connectivity index (χ2n) is 6.44. The molecule has 0 aliphatic rings. The van der Waals surface area contributed by atoms with Crippen LogP contribution in [0.15, 0.2) is 84.9 Å². The van der Waals surface area contributed by atoms with E-state index in [1.807, 2.05) is 0 Å². The Labute approximate surface area is 208 Å². The van der Waals surface area contributed by atoms with Crippen LogP contribution < -0.4 is 0 Å². The van der Waals surface area contributed by atoms with Gasteiger partial charge in [-0.05, 0) is 39.1 Å². The van der Waals surface area contributed by atoms with Gasteiger partial charge in [0.2, 0.25) is 0 Å². The fourth-order valence-corrected chi connectivity index (χ4v) is 2.93. The van der Waals surface area contributed by atoms with Crippen molar-refractivity contribution in [3.63, 3.8) is 0 Å². The Morgan fingerprint density at radius 3 is 1.09 bits per heavy atom. The molecule has 0 aromatic heterocycles. The van der Waals surface area contributed by atoms with Gasteiger partial charge in [-0.15, -0.1) is 0 Å². The zero-order valence-electron chi connectivity index (χ0n) is 17.0. The summed E-state index contributed by atoms with van der Waals surface area (Å²) in [5, 5.41) is 5.24. The van der Waals surface area contributed by atoms with E-state index in [0.29, 0.717) is 0 Å². The molecule has 4 aromatic rings. The van der Waals surface area contributed by atoms with Crippen molar-refractivity contribution >= 4 is 71.9 Å². The predicted molar refractivity (Wildman–Crippen MR) is 125 cm³/mol. The predicted octanol–water partition coefficient (Wildman–Crippen LogP) is 3.90. The summed E-state index contributed by atoms with van der Waals surface area (Å²) in [5.74, 6) is 0. The maximum Gasteiger partial charge on any atom is 0.394 e. The first-order chi connectivity index (χ1) is 14.4. The van der Waals surface area contributed by atoms with Crippen LogP contribution >= 0.6 is 0 Å². The summed E-state index contributed by atoms with van der Waals surface area (Å²) in [4.78, 5) is 0. The van der Waals surface area contributed by atoms with Crippen molar-refractivity contribution in [2.24, 2.45) is 0 Å². The Bertz CT molecular complexity index is 1260. The average molecular weight is 488 g/mol. The zero-order chi connectivity index (χ0) is 23.1. The van der Waals surface area contributed by atoms with Crippen molar-refractivity contribution in [3.05, 3.63) is 96.1 Å². The topological polar surface area (TPSA) is 149 Å². The maximum atomic E-state index is 8.74. The van der Waals surface area contributed by atoms with E-state index >= 15 is 0 Å². The molecule has 0 atom stereocenters. The van der Waals surface area contributed by atoms with Crippen LogP contribution in [0.2, 0.25) is 0 Å². The van der Waals surface area contributed by atoms with E-state index in [9.17, 15) is 0 Å². The zero-order valence-corrected chi connectivity index (χ0v) is 20.7. The fourth-order valence-electron chi connectivity index (χ4n) is 2.93. The summed E-state index contributed by atoms with van der Waals surface area (Å²) < 4.78 is 63.2. The van der Waals surface area contributed by atoms with E-state index in [2.05, 4.69) is 84.9 Å². The first-order valence-corrected chi connectivity index (χ1v) is 11.5. The summed E-state index contributed by atoms with van der Waals surface area (Å²) in [6.45, 7) is 0. The van der Waals surface area contributed by atoms with Crippen molar-refractivity contribution < 1.29 is 35.0 Å². The molecule has 165 valence electrons. The molecule has 0 aliphatic carbocycles. The summed E-state index contributed by atoms with van der Waals surface area (Å²) in [6, 6.07) is 30.5. The summed E-state index contributed by atoms with van der Waals surface area (Å²) in [7, 11) is -9.33. The Kier molecular flexibility index (Phi) is 10.9. The quantitative estimate of drug-likeness (QED) is 0.246. The molecule has 1 radical (unpaired) electrons. The largest absolute Gasteiger partial charge is 0.394 e. The number of rotatable bonds is 2. The summed E-state index contributed by atoms with van der Waals surface area (Å²) >= 11 is 0. The molecule has 0 saturated carbocycles. The van der Waals surface area contributed by atoms with Gasteiger partial charge in [0.05, 0.1) is 0 Å². The molecule has 11 heteroatoms. The molecule has 0 spiro atoms. The van der Waals surface area contributed by atoms with Crippen LogP contribution in [0.1, 0.15) is 11.1 Å². The third kappa shape index (κ3) is 11.7. The van der Waals surface area contributed by atoms with Crippen LogP contribution in [0, 0.1) is 0 Å². The standard InChI is InChI=1S/C21H16.Na.2H2O4S/c1-3-7-20-14-16(9-11-18(20)5-1)13-17-10-12-19-6-2-4-8-21(19)15-17;;2*1-5(2,3)4/h1-12,14-15H,13H2;;2*(H2,1,2,3,4). The molecule has 0 unspecified atom stereocenters. The van der Waals surface area contributed by atoms with Crippen LogP contribution in [0.25, 0.3) is 21.5 Å². The van der Waals surface area contributed by atoms with Gasteiger partial charge >= 0.3 is 20.8 Å². The molecule has 0 aliphatic heterocycles. The Morgan fingerprint density at radius 1 is 0.500 bits per heavy atom. The normalized spacial score (nSPS) is 10.9. The molecule has 4 N–H and O–H groups in total. The van der Waals surface area contributed by atoms with E-state index in [4.69, 9.17) is 35.0 Å². The van der Waals surface area contributed by atoms with Crippen molar-refractivity contribution in [2.75, 3.05) is 0 Å². The minimum absolute atomic E-state index is 0. The maximum absolute atomic E-state index is 8.74. The minimum Gasteiger partial charge on any atom is -0.264 e. The van der Waals surface area contributed by atoms with Gasteiger partial charge in [0.25, 0.3) is 0 Å². The molecule has 0 heterocycles. The molecule has 32 heavy (non-hydrogen) atoms. The number of hydrogen-bond acceptors (Lipinski definition) is 4. The van der Waals surface area contributed by atoms with Crippen LogP contribution in [-0.4, -0.2) is 64.6 Å². The van der Waals surface area contributed by atoms with Crippen molar-refractivity contribution in [1.82, 2.24) is 0 Å². The van der Waals surface area contributed by atoms with Crippen molar-refractivity contribution in [1.29, 1.82) is 0 Å². The van der Waals surface area contributed by atoms with Crippen LogP contribution in [-0.2, 0) is 27.2 Å². The molecule has 0 fully saturated rings. The molecule has 0 saturated heterocycles. The second kappa shape index (κ2) is 12.4. The van der Waals surface area contributed by atoms with Gasteiger partial charge in [0.15, 0.2) is 0 Å². The first kappa shape index (κ1) is 28.2. The molecule has 4 aromatic carbocycles. The molecular weight excluding hydrogens is 467 g/mol. The van der Waals surface area contributed by atoms with Gasteiger partial charge in [-0.25, -0.2) is 0 Å². The van der Waals surface area contributed by atoms with Gasteiger partial charge in [-0.2, -0.15) is 16.8 Å². The van der Waals surface area contributed by atoms with Crippen molar-refractivity contribution in [3.8, 4) is 0 Å². The van der Waals surface area contributed by atoms with Gasteiger partial charge in [0, 0.05) is 29.6 Å². The van der Waals surface area contributed by atoms with Crippen LogP contribution in [0.5, 0.6) is 0 Å². The SMILES string of the molecule is O=S(=O)(O)O.O=S(=O)(O)O.[Na].c1ccc2cc(Cc3ccc4ccccc4c3)ccc2c1. The average Bonchev–Trinajstić information content (AvgIpc) is 2.65. The van der Waals surface area contributed by atoms with Gasteiger partial charge < -0.3 is 0 Å². The molecule has 8 nitrogen and oxygen atoms in total. The summed E-state index contributed by atoms with van der Waals surface area (Å²) in [5.41, 5.74) is 2.73. The van der Waals surface area contributed by atoms with Gasteiger partial charge in [-0.1, -0.05) is 84.9 Å². The molecule has 0 amide bonds. The number of fused-ring (bicyclic) bond motifs is 2. The first-order valence-electron chi connectivity index (χ1n) is 8.73. The van der Waals surface area contributed by atoms with Gasteiger partial charge in [-0.3, -0.25) is 18.2 Å². The molecule has 0 bridgehead atoms. The summed E-state index contributed by atoms with van der Waals surface area (Å²) in [6.07, 6.45) is 0.982. The van der Waals surface area contributed by atoms with E-state index in [1.54, 1.807) is 0 Å². The van der Waals surface area contributed by atoms with E-state index in [1.165, 1.54) is 32.7 Å². The van der Waals surface area contributed by atoms with Crippen molar-refractivity contribution in [2.45, 2.75) is 6.42 Å². The van der Waals surface area contributed by atoms with Gasteiger partial charge in [0.1, 0.15) is 0 Å². The Hall–Kier alpha value is -1.86. The Balaban J connectivity index is 0.000000396. The number of hydrogen-bond donors (Lipinski definition) is 4. The van der Waals surface area contributed by atoms with Crippen LogP contribution in [0.4, 0.5) is 0 Å².